The summed E-state index contributed by atoms with van der Waals surface area (Å²) in [5, 5.41) is 6.40. The topological polar surface area (TPSA) is 59.6 Å². The molecule has 5 nitrogen and oxygen atoms in total. The molecule has 2 aromatic carbocycles. The van der Waals surface area contributed by atoms with E-state index in [2.05, 4.69) is 10.6 Å². The van der Waals surface area contributed by atoms with Crippen LogP contribution in [0.2, 0.25) is 5.02 Å². The first kappa shape index (κ1) is 18.9. The lowest BCUT2D eigenvalue weighted by molar-refractivity contribution is -0.119. The van der Waals surface area contributed by atoms with E-state index in [0.717, 1.165) is 17.0 Å². The second kappa shape index (κ2) is 9.18. The van der Waals surface area contributed by atoms with Gasteiger partial charge in [0.25, 0.3) is 0 Å². The number of hydrogen-bond acceptors (Lipinski definition) is 4. The van der Waals surface area contributed by atoms with E-state index in [4.69, 9.17) is 21.1 Å². The van der Waals surface area contributed by atoms with Crippen molar-refractivity contribution in [2.75, 3.05) is 19.0 Å². The maximum absolute atomic E-state index is 12.0. The van der Waals surface area contributed by atoms with Crippen LogP contribution in [0, 0.1) is 0 Å². The van der Waals surface area contributed by atoms with Crippen LogP contribution in [-0.4, -0.2) is 25.7 Å². The third-order valence-corrected chi connectivity index (χ3v) is 3.69. The van der Waals surface area contributed by atoms with E-state index in [-0.39, 0.29) is 18.6 Å². The van der Waals surface area contributed by atoms with Gasteiger partial charge >= 0.3 is 0 Å². The van der Waals surface area contributed by atoms with Gasteiger partial charge in [0.1, 0.15) is 11.5 Å². The fourth-order valence-corrected chi connectivity index (χ4v) is 2.44. The van der Waals surface area contributed by atoms with E-state index < -0.39 is 0 Å². The average Bonchev–Trinajstić information content (AvgIpc) is 2.59. The maximum atomic E-state index is 12.0. The molecule has 0 aliphatic carbocycles. The largest absolute Gasteiger partial charge is 0.495 e. The van der Waals surface area contributed by atoms with Crippen molar-refractivity contribution >= 4 is 23.2 Å². The number of benzene rings is 2. The molecule has 1 amide bonds. The van der Waals surface area contributed by atoms with Crippen LogP contribution in [-0.2, 0) is 11.3 Å². The molecule has 0 unspecified atom stereocenters. The second-order valence-corrected chi connectivity index (χ2v) is 6.20. The molecular formula is C19H23ClN2O3. The van der Waals surface area contributed by atoms with Gasteiger partial charge in [-0.1, -0.05) is 23.7 Å². The molecule has 0 heterocycles. The van der Waals surface area contributed by atoms with Crippen molar-refractivity contribution in [1.29, 1.82) is 0 Å². The first-order valence-corrected chi connectivity index (χ1v) is 8.45. The number of nitrogens with one attached hydrogen (secondary N) is 2. The molecule has 6 heteroatoms. The molecule has 2 rings (SSSR count). The summed E-state index contributed by atoms with van der Waals surface area (Å²) in [4.78, 5) is 12.0. The van der Waals surface area contributed by atoms with Crippen LogP contribution in [0.3, 0.4) is 0 Å². The fourth-order valence-electron chi connectivity index (χ4n) is 2.18. The maximum Gasteiger partial charge on any atom is 0.239 e. The highest BCUT2D eigenvalue weighted by atomic mass is 35.5. The number of halogens is 1. The molecule has 0 fully saturated rings. The zero-order valence-electron chi connectivity index (χ0n) is 14.6. The Morgan fingerprint density at radius 2 is 1.88 bits per heavy atom. The lowest BCUT2D eigenvalue weighted by Gasteiger charge is -2.11. The lowest BCUT2D eigenvalue weighted by Crippen LogP contribution is -2.29. The van der Waals surface area contributed by atoms with Crippen molar-refractivity contribution in [3.63, 3.8) is 0 Å². The molecule has 0 bridgehead atoms. The first-order valence-electron chi connectivity index (χ1n) is 8.07. The Labute approximate surface area is 153 Å². The van der Waals surface area contributed by atoms with E-state index in [1.807, 2.05) is 44.2 Å². The number of methoxy groups -OCH3 is 1. The Kier molecular flexibility index (Phi) is 6.95. The zero-order chi connectivity index (χ0) is 18.2. The molecule has 0 aliphatic heterocycles. The Hall–Kier alpha value is -2.40. The van der Waals surface area contributed by atoms with Crippen LogP contribution in [0.25, 0.3) is 0 Å². The van der Waals surface area contributed by atoms with Crippen LogP contribution >= 0.6 is 11.6 Å². The van der Waals surface area contributed by atoms with Gasteiger partial charge in [-0.15, -0.1) is 0 Å². The third-order valence-electron chi connectivity index (χ3n) is 3.39. The summed E-state index contributed by atoms with van der Waals surface area (Å²) in [7, 11) is 1.56. The Morgan fingerprint density at radius 3 is 2.48 bits per heavy atom. The van der Waals surface area contributed by atoms with Gasteiger partial charge in [0.2, 0.25) is 5.91 Å². The smallest absolute Gasteiger partial charge is 0.239 e. The second-order valence-electron chi connectivity index (χ2n) is 5.79. The zero-order valence-corrected chi connectivity index (χ0v) is 15.4. The van der Waals surface area contributed by atoms with Crippen molar-refractivity contribution in [2.45, 2.75) is 26.5 Å². The van der Waals surface area contributed by atoms with Gasteiger partial charge < -0.3 is 20.1 Å². The van der Waals surface area contributed by atoms with E-state index in [1.165, 1.54) is 0 Å². The molecule has 2 N–H and O–H groups in total. The molecule has 0 radical (unpaired) electrons. The Morgan fingerprint density at radius 1 is 1.16 bits per heavy atom. The van der Waals surface area contributed by atoms with E-state index in [0.29, 0.717) is 17.3 Å². The molecule has 0 aliphatic rings. The summed E-state index contributed by atoms with van der Waals surface area (Å²) in [6, 6.07) is 13.0. The summed E-state index contributed by atoms with van der Waals surface area (Å²) >= 11 is 6.05. The van der Waals surface area contributed by atoms with Gasteiger partial charge in [-0.05, 0) is 49.7 Å². The van der Waals surface area contributed by atoms with Gasteiger partial charge in [-0.25, -0.2) is 0 Å². The molecule has 0 spiro atoms. The molecule has 0 atom stereocenters. The number of anilines is 1. The molecule has 25 heavy (non-hydrogen) atoms. The standard InChI is InChI=1S/C19H23ClN2O3/c1-13(2)25-16-7-4-14(5-8-16)11-22-19(23)12-21-15-6-9-18(24-3)17(20)10-15/h4-10,13,21H,11-12H2,1-3H3,(H,22,23). The quantitative estimate of drug-likeness (QED) is 0.748. The summed E-state index contributed by atoms with van der Waals surface area (Å²) in [6.45, 7) is 4.59. The lowest BCUT2D eigenvalue weighted by atomic mass is 10.2. The van der Waals surface area contributed by atoms with Crippen molar-refractivity contribution in [1.82, 2.24) is 5.32 Å². The van der Waals surface area contributed by atoms with Crippen LogP contribution in [0.4, 0.5) is 5.69 Å². The minimum absolute atomic E-state index is 0.102. The van der Waals surface area contributed by atoms with E-state index in [1.54, 1.807) is 19.2 Å². The highest BCUT2D eigenvalue weighted by Crippen LogP contribution is 2.27. The molecule has 0 aromatic heterocycles. The summed E-state index contributed by atoms with van der Waals surface area (Å²) < 4.78 is 10.7. The molecule has 0 saturated carbocycles. The monoisotopic (exact) mass is 362 g/mol. The van der Waals surface area contributed by atoms with Crippen LogP contribution in [0.1, 0.15) is 19.4 Å². The van der Waals surface area contributed by atoms with Crippen molar-refractivity contribution < 1.29 is 14.3 Å². The van der Waals surface area contributed by atoms with Gasteiger partial charge in [0, 0.05) is 12.2 Å². The number of carbonyl (C=O) groups is 1. The third kappa shape index (κ3) is 6.19. The Balaban J connectivity index is 1.77. The van der Waals surface area contributed by atoms with Gasteiger partial charge in [-0.3, -0.25) is 4.79 Å². The molecule has 134 valence electrons. The van der Waals surface area contributed by atoms with E-state index in [9.17, 15) is 4.79 Å². The normalized spacial score (nSPS) is 10.4. The van der Waals surface area contributed by atoms with Gasteiger partial charge in [0.15, 0.2) is 0 Å². The minimum Gasteiger partial charge on any atom is -0.495 e. The highest BCUT2D eigenvalue weighted by Gasteiger charge is 2.05. The van der Waals surface area contributed by atoms with Crippen molar-refractivity contribution in [3.8, 4) is 11.5 Å². The number of amides is 1. The molecule has 0 saturated heterocycles. The number of hydrogen-bond donors (Lipinski definition) is 2. The van der Waals surface area contributed by atoms with Crippen molar-refractivity contribution in [2.24, 2.45) is 0 Å². The van der Waals surface area contributed by atoms with Gasteiger partial charge in [-0.2, -0.15) is 0 Å². The molecular weight excluding hydrogens is 340 g/mol. The predicted molar refractivity (Wildman–Crippen MR) is 101 cm³/mol. The number of ether oxygens (including phenoxy) is 2. The van der Waals surface area contributed by atoms with Crippen LogP contribution < -0.4 is 20.1 Å². The summed E-state index contributed by atoms with van der Waals surface area (Å²) in [6.07, 6.45) is 0.142. The average molecular weight is 363 g/mol. The van der Waals surface area contributed by atoms with Crippen LogP contribution in [0.5, 0.6) is 11.5 Å². The SMILES string of the molecule is COc1ccc(NCC(=O)NCc2ccc(OC(C)C)cc2)cc1Cl. The van der Waals surface area contributed by atoms with E-state index >= 15 is 0 Å². The fraction of sp³-hybridized carbons (Fsp3) is 0.316. The van der Waals surface area contributed by atoms with Crippen LogP contribution in [0.15, 0.2) is 42.5 Å². The predicted octanol–water partition coefficient (Wildman–Crippen LogP) is 3.86. The Bertz CT molecular complexity index is 702. The number of carbonyl (C=O) groups excluding carboxylic acids is 1. The van der Waals surface area contributed by atoms with Gasteiger partial charge in [0.05, 0.1) is 24.8 Å². The summed E-state index contributed by atoms with van der Waals surface area (Å²) in [5.74, 6) is 1.32. The van der Waals surface area contributed by atoms with Crippen molar-refractivity contribution in [3.05, 3.63) is 53.1 Å². The number of rotatable bonds is 8. The minimum atomic E-state index is -0.102. The first-order chi connectivity index (χ1) is 12.0. The highest BCUT2D eigenvalue weighted by molar-refractivity contribution is 6.32. The summed E-state index contributed by atoms with van der Waals surface area (Å²) in [5.41, 5.74) is 1.77. The molecule has 2 aromatic rings.